The van der Waals surface area contributed by atoms with Crippen molar-refractivity contribution in [2.24, 2.45) is 0 Å². The number of thiophene rings is 1. The highest BCUT2D eigenvalue weighted by Crippen LogP contribution is 2.38. The number of amides is 1. The van der Waals surface area contributed by atoms with E-state index in [1.54, 1.807) is 0 Å². The minimum absolute atomic E-state index is 0.147. The van der Waals surface area contributed by atoms with E-state index < -0.39 is 0 Å². The van der Waals surface area contributed by atoms with Gasteiger partial charge in [0.15, 0.2) is 11.0 Å². The van der Waals surface area contributed by atoms with Crippen LogP contribution in [0.5, 0.6) is 5.75 Å². The fraction of sp³-hybridized carbons (Fsp3) is 0.462. The van der Waals surface area contributed by atoms with Crippen LogP contribution in [0, 0.1) is 0 Å². The van der Waals surface area contributed by atoms with Crippen molar-refractivity contribution in [3.8, 4) is 17.1 Å². The maximum atomic E-state index is 13.0. The lowest BCUT2D eigenvalue weighted by Crippen LogP contribution is -2.17. The molecule has 1 aliphatic rings. The number of thioether (sulfide) groups is 1. The number of benzene rings is 1. The number of carbonyl (C=O) groups excluding carboxylic acids is 2. The first kappa shape index (κ1) is 26.2. The molecular formula is C26H32N4O4S2. The molecular weight excluding hydrogens is 496 g/mol. The van der Waals surface area contributed by atoms with Gasteiger partial charge in [0.2, 0.25) is 5.91 Å². The molecule has 4 rings (SSSR count). The van der Waals surface area contributed by atoms with Crippen LogP contribution in [0.1, 0.15) is 60.3 Å². The lowest BCUT2D eigenvalue weighted by atomic mass is 9.96. The van der Waals surface area contributed by atoms with Crippen molar-refractivity contribution in [1.82, 2.24) is 14.8 Å². The molecule has 36 heavy (non-hydrogen) atoms. The van der Waals surface area contributed by atoms with Crippen LogP contribution in [0.3, 0.4) is 0 Å². The molecule has 0 spiro atoms. The predicted octanol–water partition coefficient (Wildman–Crippen LogP) is 5.60. The maximum absolute atomic E-state index is 13.0. The summed E-state index contributed by atoms with van der Waals surface area (Å²) in [5, 5.41) is 13.0. The van der Waals surface area contributed by atoms with Crippen LogP contribution in [-0.4, -0.2) is 46.1 Å². The molecule has 0 fully saturated rings. The summed E-state index contributed by atoms with van der Waals surface area (Å²) in [4.78, 5) is 26.8. The van der Waals surface area contributed by atoms with Crippen molar-refractivity contribution >= 4 is 40.0 Å². The number of esters is 1. The second-order valence-electron chi connectivity index (χ2n) is 8.43. The van der Waals surface area contributed by atoms with Crippen LogP contribution < -0.4 is 10.1 Å². The lowest BCUT2D eigenvalue weighted by molar-refractivity contribution is -0.113. The number of methoxy groups -OCH3 is 1. The van der Waals surface area contributed by atoms with Gasteiger partial charge in [-0.05, 0) is 57.2 Å². The summed E-state index contributed by atoms with van der Waals surface area (Å²) in [6, 6.07) is 7.74. The molecule has 192 valence electrons. The predicted molar refractivity (Wildman–Crippen MR) is 143 cm³/mol. The first-order valence-corrected chi connectivity index (χ1v) is 14.2. The fourth-order valence-electron chi connectivity index (χ4n) is 4.43. The van der Waals surface area contributed by atoms with Gasteiger partial charge in [-0.15, -0.1) is 21.5 Å². The Morgan fingerprint density at radius 2 is 1.89 bits per heavy atom. The van der Waals surface area contributed by atoms with E-state index >= 15 is 0 Å². The molecule has 10 heteroatoms. The van der Waals surface area contributed by atoms with Gasteiger partial charge in [0.05, 0.1) is 30.6 Å². The third kappa shape index (κ3) is 5.75. The number of rotatable bonds is 9. The number of carbonyl (C=O) groups is 2. The number of anilines is 1. The number of ether oxygens (including phenoxy) is 2. The summed E-state index contributed by atoms with van der Waals surface area (Å²) >= 11 is 2.82. The number of hydrogen-bond acceptors (Lipinski definition) is 8. The van der Waals surface area contributed by atoms with Gasteiger partial charge < -0.3 is 19.4 Å². The Labute approximate surface area is 219 Å². The van der Waals surface area contributed by atoms with Crippen LogP contribution in [0.15, 0.2) is 29.4 Å². The Morgan fingerprint density at radius 1 is 1.11 bits per heavy atom. The monoisotopic (exact) mass is 528 g/mol. The highest BCUT2D eigenvalue weighted by atomic mass is 32.2. The van der Waals surface area contributed by atoms with E-state index in [1.165, 1.54) is 41.5 Å². The smallest absolute Gasteiger partial charge is 0.341 e. The molecule has 1 aromatic carbocycles. The minimum atomic E-state index is -0.389. The average molecular weight is 529 g/mol. The SMILES string of the molecule is CCOc1ccccc1-c1nnc(SCC(=O)Nc2sc3c(c2C(=O)OC)CCCCCC3)n1CC. The Balaban J connectivity index is 1.51. The van der Waals surface area contributed by atoms with Crippen molar-refractivity contribution in [2.45, 2.75) is 64.1 Å². The molecule has 0 aliphatic heterocycles. The molecule has 1 aliphatic carbocycles. The van der Waals surface area contributed by atoms with Gasteiger partial charge in [-0.25, -0.2) is 4.79 Å². The summed E-state index contributed by atoms with van der Waals surface area (Å²) in [6.07, 6.45) is 6.26. The zero-order valence-corrected chi connectivity index (χ0v) is 22.6. The van der Waals surface area contributed by atoms with E-state index in [2.05, 4.69) is 15.5 Å². The summed E-state index contributed by atoms with van der Waals surface area (Å²) in [5.74, 6) is 1.02. The maximum Gasteiger partial charge on any atom is 0.341 e. The normalized spacial score (nSPS) is 13.4. The van der Waals surface area contributed by atoms with Crippen molar-refractivity contribution in [1.29, 1.82) is 0 Å². The third-order valence-corrected chi connectivity index (χ3v) is 8.28. The summed E-state index contributed by atoms with van der Waals surface area (Å²) in [7, 11) is 1.38. The van der Waals surface area contributed by atoms with Gasteiger partial charge in [-0.2, -0.15) is 0 Å². The van der Waals surface area contributed by atoms with E-state index in [9.17, 15) is 9.59 Å². The lowest BCUT2D eigenvalue weighted by Gasteiger charge is -2.11. The van der Waals surface area contributed by atoms with Crippen molar-refractivity contribution in [2.75, 3.05) is 24.8 Å². The number of nitrogens with one attached hydrogen (secondary N) is 1. The molecule has 8 nitrogen and oxygen atoms in total. The second-order valence-corrected chi connectivity index (χ2v) is 10.5. The number of hydrogen-bond donors (Lipinski definition) is 1. The molecule has 0 saturated carbocycles. The van der Waals surface area contributed by atoms with Gasteiger partial charge in [0, 0.05) is 11.4 Å². The molecule has 0 radical (unpaired) electrons. The Morgan fingerprint density at radius 3 is 2.64 bits per heavy atom. The quantitative estimate of drug-likeness (QED) is 0.285. The van der Waals surface area contributed by atoms with Crippen molar-refractivity contribution < 1.29 is 19.1 Å². The van der Waals surface area contributed by atoms with Crippen molar-refractivity contribution in [3.05, 3.63) is 40.3 Å². The Hall–Kier alpha value is -2.85. The van der Waals surface area contributed by atoms with Crippen LogP contribution in [0.2, 0.25) is 0 Å². The van der Waals surface area contributed by atoms with Gasteiger partial charge in [-0.1, -0.05) is 36.7 Å². The van der Waals surface area contributed by atoms with Crippen LogP contribution in [0.4, 0.5) is 5.00 Å². The summed E-state index contributed by atoms with van der Waals surface area (Å²) in [5.41, 5.74) is 2.42. The first-order chi connectivity index (χ1) is 17.6. The second kappa shape index (κ2) is 12.4. The molecule has 0 bridgehead atoms. The number of nitrogens with zero attached hydrogens (tertiary/aromatic N) is 3. The molecule has 3 aromatic rings. The van der Waals surface area contributed by atoms with Crippen LogP contribution in [-0.2, 0) is 28.9 Å². The van der Waals surface area contributed by atoms with E-state index in [4.69, 9.17) is 9.47 Å². The van der Waals surface area contributed by atoms with Crippen LogP contribution in [0.25, 0.3) is 11.4 Å². The molecule has 0 atom stereocenters. The molecule has 0 unspecified atom stereocenters. The molecule has 2 aromatic heterocycles. The largest absolute Gasteiger partial charge is 0.493 e. The van der Waals surface area contributed by atoms with E-state index in [0.29, 0.717) is 34.7 Å². The highest BCUT2D eigenvalue weighted by molar-refractivity contribution is 7.99. The van der Waals surface area contributed by atoms with E-state index in [1.807, 2.05) is 42.7 Å². The Kier molecular flexibility index (Phi) is 9.03. The Bertz CT molecular complexity index is 1220. The number of aryl methyl sites for hydroxylation is 1. The van der Waals surface area contributed by atoms with E-state index in [-0.39, 0.29) is 17.6 Å². The van der Waals surface area contributed by atoms with Gasteiger partial charge in [0.25, 0.3) is 0 Å². The summed E-state index contributed by atoms with van der Waals surface area (Å²) in [6.45, 7) is 5.17. The topological polar surface area (TPSA) is 95.3 Å². The zero-order chi connectivity index (χ0) is 25.5. The molecule has 1 amide bonds. The number of para-hydroxylation sites is 1. The molecule has 1 N–H and O–H groups in total. The summed E-state index contributed by atoms with van der Waals surface area (Å²) < 4.78 is 12.8. The van der Waals surface area contributed by atoms with Crippen molar-refractivity contribution in [3.63, 3.8) is 0 Å². The molecule has 2 heterocycles. The minimum Gasteiger partial charge on any atom is -0.493 e. The highest BCUT2D eigenvalue weighted by Gasteiger charge is 2.26. The van der Waals surface area contributed by atoms with Gasteiger partial charge >= 0.3 is 5.97 Å². The number of fused-ring (bicyclic) bond motifs is 1. The zero-order valence-electron chi connectivity index (χ0n) is 21.0. The standard InChI is InChI=1S/C26H32N4O4S2/c1-4-30-23(17-12-10-11-14-19(17)34-5-2)28-29-26(30)35-16-21(31)27-24-22(25(32)33-3)18-13-8-6-7-9-15-20(18)36-24/h10-12,14H,4-9,13,15-16H2,1-3H3,(H,27,31). The van der Waals surface area contributed by atoms with Crippen LogP contribution >= 0.6 is 23.1 Å². The van der Waals surface area contributed by atoms with Gasteiger partial charge in [-0.3, -0.25) is 4.79 Å². The van der Waals surface area contributed by atoms with Gasteiger partial charge in [0.1, 0.15) is 10.8 Å². The third-order valence-electron chi connectivity index (χ3n) is 6.11. The number of aromatic nitrogens is 3. The molecule has 0 saturated heterocycles. The first-order valence-electron chi connectivity index (χ1n) is 12.4. The van der Waals surface area contributed by atoms with E-state index in [0.717, 1.165) is 49.0 Å². The average Bonchev–Trinajstić information content (AvgIpc) is 3.43. The fourth-order valence-corrected chi connectivity index (χ4v) is 6.53.